The summed E-state index contributed by atoms with van der Waals surface area (Å²) in [4.78, 5) is 25.5. The van der Waals surface area contributed by atoms with Crippen molar-refractivity contribution >= 4 is 45.0 Å². The van der Waals surface area contributed by atoms with Crippen molar-refractivity contribution in [2.45, 2.75) is 37.6 Å². The van der Waals surface area contributed by atoms with Crippen LogP contribution in [-0.4, -0.2) is 29.2 Å². The number of nitrogens with one attached hydrogen (secondary N) is 2. The minimum atomic E-state index is -4.52. The molecule has 0 aromatic heterocycles. The molecule has 1 fully saturated rings. The van der Waals surface area contributed by atoms with Gasteiger partial charge in [-0.2, -0.15) is 13.2 Å². The van der Waals surface area contributed by atoms with Crippen LogP contribution in [0.25, 0.3) is 0 Å². The quantitative estimate of drug-likeness (QED) is 0.452. The molecule has 2 amide bonds. The van der Waals surface area contributed by atoms with Gasteiger partial charge in [-0.15, -0.1) is 0 Å². The standard InChI is InChI=1S/C22H18BrClF4N2O3/c23-11-6-15-18(19(30-21(15)33)14-8-12(25)1-2-16(14)24)17(7-11)29-20(32)9-3-10(22(26,27)28)5-13(31)4-9/h1-2,6-10,13,19,31H,3-5H2,(H,29,32)(H,30,33)/t9-,10+,13-,19+/m1/s1. The summed E-state index contributed by atoms with van der Waals surface area (Å²) in [5, 5.41) is 15.4. The summed E-state index contributed by atoms with van der Waals surface area (Å²) < 4.78 is 54.0. The molecule has 1 aliphatic carbocycles. The molecule has 5 nitrogen and oxygen atoms in total. The number of halogens is 6. The van der Waals surface area contributed by atoms with Crippen LogP contribution in [0, 0.1) is 17.7 Å². The van der Waals surface area contributed by atoms with Gasteiger partial charge >= 0.3 is 6.18 Å². The molecule has 0 bridgehead atoms. The summed E-state index contributed by atoms with van der Waals surface area (Å²) >= 11 is 9.50. The first-order valence-corrected chi connectivity index (χ1v) is 11.3. The maximum absolute atomic E-state index is 13.9. The Bertz CT molecular complexity index is 1130. The fraction of sp³-hybridized carbons (Fsp3) is 0.364. The van der Waals surface area contributed by atoms with Gasteiger partial charge in [0.15, 0.2) is 0 Å². The van der Waals surface area contributed by atoms with Crippen molar-refractivity contribution < 1.29 is 32.3 Å². The number of alkyl halides is 3. The third kappa shape index (κ3) is 4.88. The molecule has 4 atom stereocenters. The predicted octanol–water partition coefficient (Wildman–Crippen LogP) is 5.35. The summed E-state index contributed by atoms with van der Waals surface area (Å²) in [6.07, 6.45) is -6.77. The Morgan fingerprint density at radius 1 is 1.18 bits per heavy atom. The second kappa shape index (κ2) is 8.88. The molecule has 0 radical (unpaired) electrons. The molecular formula is C22H18BrClF4N2O3. The van der Waals surface area contributed by atoms with E-state index >= 15 is 0 Å². The second-order valence-corrected chi connectivity index (χ2v) is 9.60. The van der Waals surface area contributed by atoms with Crippen molar-refractivity contribution in [1.29, 1.82) is 0 Å². The van der Waals surface area contributed by atoms with Gasteiger partial charge in [-0.05, 0) is 49.6 Å². The third-order valence-corrected chi connectivity index (χ3v) is 6.80. The van der Waals surface area contributed by atoms with Crippen LogP contribution in [0.4, 0.5) is 23.2 Å². The third-order valence-electron chi connectivity index (χ3n) is 6.00. The van der Waals surface area contributed by atoms with Gasteiger partial charge in [-0.3, -0.25) is 9.59 Å². The van der Waals surface area contributed by atoms with Crippen molar-refractivity contribution in [2.75, 3.05) is 5.32 Å². The van der Waals surface area contributed by atoms with Crippen LogP contribution < -0.4 is 10.6 Å². The van der Waals surface area contributed by atoms with E-state index in [9.17, 15) is 32.3 Å². The van der Waals surface area contributed by atoms with Crippen LogP contribution in [0.2, 0.25) is 5.02 Å². The molecule has 2 aromatic rings. The smallest absolute Gasteiger partial charge is 0.391 e. The number of hydrogen-bond donors (Lipinski definition) is 3. The zero-order valence-electron chi connectivity index (χ0n) is 16.8. The number of carbonyl (C=O) groups is 2. The molecule has 2 aliphatic rings. The van der Waals surface area contributed by atoms with Crippen molar-refractivity contribution in [3.05, 3.63) is 62.3 Å². The van der Waals surface area contributed by atoms with Crippen molar-refractivity contribution in [2.24, 2.45) is 11.8 Å². The number of carbonyl (C=O) groups excluding carboxylic acids is 2. The molecule has 0 spiro atoms. The van der Waals surface area contributed by atoms with Crippen LogP contribution >= 0.6 is 27.5 Å². The van der Waals surface area contributed by atoms with Gasteiger partial charge in [-0.25, -0.2) is 4.39 Å². The highest BCUT2D eigenvalue weighted by Gasteiger charge is 2.46. The molecule has 4 rings (SSSR count). The summed E-state index contributed by atoms with van der Waals surface area (Å²) in [6, 6.07) is 5.84. The number of anilines is 1. The molecule has 0 unspecified atom stereocenters. The first kappa shape index (κ1) is 24.0. The molecular weight excluding hydrogens is 532 g/mol. The SMILES string of the molecule is O=C1N[C@@H](c2cc(F)ccc2Cl)c2c(NC(=O)[C@H]3C[C@@H](O)C[C@@H](C(F)(F)F)C3)cc(Br)cc21. The van der Waals surface area contributed by atoms with E-state index < -0.39 is 60.6 Å². The monoisotopic (exact) mass is 548 g/mol. The largest absolute Gasteiger partial charge is 0.393 e. The van der Waals surface area contributed by atoms with Gasteiger partial charge in [0, 0.05) is 37.8 Å². The van der Waals surface area contributed by atoms with Crippen LogP contribution in [0.15, 0.2) is 34.8 Å². The number of amides is 2. The topological polar surface area (TPSA) is 78.4 Å². The zero-order valence-corrected chi connectivity index (χ0v) is 19.2. The van der Waals surface area contributed by atoms with Gasteiger partial charge < -0.3 is 15.7 Å². The highest BCUT2D eigenvalue weighted by atomic mass is 79.9. The Morgan fingerprint density at radius 2 is 1.91 bits per heavy atom. The Labute approximate surface area is 199 Å². The Kier molecular flexibility index (Phi) is 6.45. The fourth-order valence-electron chi connectivity index (χ4n) is 4.48. The number of fused-ring (bicyclic) bond motifs is 1. The summed E-state index contributed by atoms with van der Waals surface area (Å²) in [7, 11) is 0. The van der Waals surface area contributed by atoms with Gasteiger partial charge in [0.2, 0.25) is 5.91 Å². The van der Waals surface area contributed by atoms with E-state index in [4.69, 9.17) is 11.6 Å². The zero-order chi connectivity index (χ0) is 24.1. The van der Waals surface area contributed by atoms with Gasteiger partial charge in [0.25, 0.3) is 5.91 Å². The Hall–Kier alpha value is -2.17. The summed E-state index contributed by atoms with van der Waals surface area (Å²) in [5.74, 6) is -4.61. The lowest BCUT2D eigenvalue weighted by molar-refractivity contribution is -0.194. The lowest BCUT2D eigenvalue weighted by Crippen LogP contribution is -2.39. The number of benzene rings is 2. The lowest BCUT2D eigenvalue weighted by Gasteiger charge is -2.33. The second-order valence-electron chi connectivity index (χ2n) is 8.27. The van der Waals surface area contributed by atoms with Crippen LogP contribution in [0.1, 0.15) is 46.8 Å². The highest BCUT2D eigenvalue weighted by molar-refractivity contribution is 9.10. The number of aliphatic hydroxyl groups excluding tert-OH is 1. The van der Waals surface area contributed by atoms with Gasteiger partial charge in [0.1, 0.15) is 5.82 Å². The molecule has 1 aliphatic heterocycles. The summed E-state index contributed by atoms with van der Waals surface area (Å²) in [5.41, 5.74) is 0.984. The molecule has 2 aromatic carbocycles. The average molecular weight is 550 g/mol. The molecule has 11 heteroatoms. The number of hydrogen-bond acceptors (Lipinski definition) is 3. The Morgan fingerprint density at radius 3 is 2.61 bits per heavy atom. The van der Waals surface area contributed by atoms with Crippen LogP contribution in [0.3, 0.4) is 0 Å². The van der Waals surface area contributed by atoms with Crippen molar-refractivity contribution in [1.82, 2.24) is 5.32 Å². The van der Waals surface area contributed by atoms with E-state index in [-0.39, 0.29) is 28.3 Å². The molecule has 176 valence electrons. The Balaban J connectivity index is 1.68. The molecule has 1 heterocycles. The maximum Gasteiger partial charge on any atom is 0.391 e. The van der Waals surface area contributed by atoms with E-state index in [1.54, 1.807) is 0 Å². The van der Waals surface area contributed by atoms with Crippen molar-refractivity contribution in [3.63, 3.8) is 0 Å². The molecule has 0 saturated heterocycles. The first-order valence-electron chi connectivity index (χ1n) is 10.1. The molecule has 3 N–H and O–H groups in total. The van der Waals surface area contributed by atoms with Crippen LogP contribution in [-0.2, 0) is 4.79 Å². The van der Waals surface area contributed by atoms with E-state index in [1.807, 2.05) is 0 Å². The lowest BCUT2D eigenvalue weighted by atomic mass is 9.79. The number of aliphatic hydroxyl groups is 1. The summed E-state index contributed by atoms with van der Waals surface area (Å²) in [6.45, 7) is 0. The van der Waals surface area contributed by atoms with E-state index in [1.165, 1.54) is 30.3 Å². The van der Waals surface area contributed by atoms with E-state index in [0.717, 1.165) is 0 Å². The normalized spacial score (nSPS) is 24.9. The average Bonchev–Trinajstić information content (AvgIpc) is 3.05. The van der Waals surface area contributed by atoms with E-state index in [0.29, 0.717) is 10.0 Å². The molecule has 1 saturated carbocycles. The maximum atomic E-state index is 13.9. The van der Waals surface area contributed by atoms with Gasteiger partial charge in [-0.1, -0.05) is 27.5 Å². The predicted molar refractivity (Wildman–Crippen MR) is 116 cm³/mol. The minimum Gasteiger partial charge on any atom is -0.393 e. The van der Waals surface area contributed by atoms with E-state index in [2.05, 4.69) is 26.6 Å². The highest BCUT2D eigenvalue weighted by Crippen LogP contribution is 2.43. The number of rotatable bonds is 3. The first-order chi connectivity index (χ1) is 15.4. The van der Waals surface area contributed by atoms with Crippen LogP contribution in [0.5, 0.6) is 0 Å². The molecule has 33 heavy (non-hydrogen) atoms. The minimum absolute atomic E-state index is 0.106. The fourth-order valence-corrected chi connectivity index (χ4v) is 5.16. The van der Waals surface area contributed by atoms with Gasteiger partial charge in [0.05, 0.1) is 18.1 Å². The van der Waals surface area contributed by atoms with Crippen molar-refractivity contribution in [3.8, 4) is 0 Å².